The fourth-order valence-corrected chi connectivity index (χ4v) is 3.36. The topological polar surface area (TPSA) is 84.1 Å². The number of H-pyrrole nitrogens is 1. The molecule has 1 amide bonds. The molecule has 6 nitrogen and oxygen atoms in total. The van der Waals surface area contributed by atoms with Crippen LogP contribution in [0.2, 0.25) is 0 Å². The highest BCUT2D eigenvalue weighted by Gasteiger charge is 2.17. The van der Waals surface area contributed by atoms with Crippen LogP contribution in [0.4, 0.5) is 5.13 Å². The number of amides is 1. The van der Waals surface area contributed by atoms with Crippen molar-refractivity contribution >= 4 is 22.4 Å². The zero-order chi connectivity index (χ0) is 14.8. The lowest BCUT2D eigenvalue weighted by atomic mass is 10.0. The molecule has 0 radical (unpaired) electrons. The number of thiazole rings is 1. The third-order valence-electron chi connectivity index (χ3n) is 3.41. The number of pyridine rings is 1. The monoisotopic (exact) mass is 305 g/mol. The van der Waals surface area contributed by atoms with Crippen LogP contribution in [-0.4, -0.2) is 23.0 Å². The fourth-order valence-electron chi connectivity index (χ4n) is 2.32. The number of aromatic nitrogens is 2. The number of aromatic amines is 1. The van der Waals surface area contributed by atoms with Gasteiger partial charge in [0.15, 0.2) is 10.9 Å². The van der Waals surface area contributed by atoms with Gasteiger partial charge < -0.3 is 9.72 Å². The average Bonchev–Trinajstić information content (AvgIpc) is 2.89. The van der Waals surface area contributed by atoms with E-state index in [4.69, 9.17) is 4.74 Å². The Kier molecular flexibility index (Phi) is 3.74. The molecule has 0 unspecified atom stereocenters. The second-order valence-corrected chi connectivity index (χ2v) is 5.91. The van der Waals surface area contributed by atoms with E-state index < -0.39 is 0 Å². The van der Waals surface area contributed by atoms with Gasteiger partial charge >= 0.3 is 0 Å². The summed E-state index contributed by atoms with van der Waals surface area (Å²) in [5.74, 6) is -0.197. The number of nitrogens with one attached hydrogen (secondary N) is 2. The van der Waals surface area contributed by atoms with E-state index in [-0.39, 0.29) is 22.8 Å². The maximum Gasteiger partial charge on any atom is 0.273 e. The van der Waals surface area contributed by atoms with Gasteiger partial charge in [-0.05, 0) is 25.7 Å². The third kappa shape index (κ3) is 2.82. The number of nitrogens with zero attached hydrogens (tertiary/aromatic N) is 1. The van der Waals surface area contributed by atoms with Gasteiger partial charge in [0, 0.05) is 17.1 Å². The second-order valence-electron chi connectivity index (χ2n) is 4.83. The summed E-state index contributed by atoms with van der Waals surface area (Å²) in [6.07, 6.45) is 5.71. The zero-order valence-corrected chi connectivity index (χ0v) is 12.4. The molecule has 2 N–H and O–H groups in total. The van der Waals surface area contributed by atoms with Crippen LogP contribution in [0.1, 0.15) is 33.9 Å². The van der Waals surface area contributed by atoms with Crippen LogP contribution in [0, 0.1) is 0 Å². The maximum atomic E-state index is 12.1. The van der Waals surface area contributed by atoms with Crippen molar-refractivity contribution in [1.29, 1.82) is 0 Å². The molecule has 2 aromatic heterocycles. The van der Waals surface area contributed by atoms with Crippen molar-refractivity contribution < 1.29 is 9.53 Å². The summed E-state index contributed by atoms with van der Waals surface area (Å²) in [6, 6.07) is 1.22. The SMILES string of the molecule is COc1c[nH]c(C(=O)Nc2nc3c(s2)CCCC3)cc1=O. The minimum Gasteiger partial charge on any atom is -0.491 e. The lowest BCUT2D eigenvalue weighted by Gasteiger charge is -2.06. The summed E-state index contributed by atoms with van der Waals surface area (Å²) in [7, 11) is 1.41. The highest BCUT2D eigenvalue weighted by Crippen LogP contribution is 2.29. The van der Waals surface area contributed by atoms with Crippen molar-refractivity contribution in [2.75, 3.05) is 12.4 Å². The van der Waals surface area contributed by atoms with E-state index in [0.29, 0.717) is 5.13 Å². The number of rotatable bonds is 3. The van der Waals surface area contributed by atoms with Crippen molar-refractivity contribution in [3.8, 4) is 5.75 Å². The molecular weight excluding hydrogens is 290 g/mol. The number of fused-ring (bicyclic) bond motifs is 1. The third-order valence-corrected chi connectivity index (χ3v) is 4.48. The Morgan fingerprint density at radius 2 is 2.24 bits per heavy atom. The van der Waals surface area contributed by atoms with Crippen molar-refractivity contribution in [2.45, 2.75) is 25.7 Å². The Bertz CT molecular complexity index is 712. The molecule has 0 saturated carbocycles. The summed E-state index contributed by atoms with van der Waals surface area (Å²) in [4.78, 5) is 32.2. The molecule has 0 aromatic carbocycles. The average molecular weight is 305 g/mol. The predicted octanol–water partition coefficient (Wildman–Crippen LogP) is 1.97. The summed E-state index contributed by atoms with van der Waals surface area (Å²) in [5, 5.41) is 3.32. The first-order chi connectivity index (χ1) is 10.2. The normalized spacial score (nSPS) is 13.6. The van der Waals surface area contributed by atoms with E-state index >= 15 is 0 Å². The smallest absolute Gasteiger partial charge is 0.273 e. The quantitative estimate of drug-likeness (QED) is 0.908. The number of ether oxygens (including phenoxy) is 1. The van der Waals surface area contributed by atoms with Gasteiger partial charge in [-0.15, -0.1) is 11.3 Å². The van der Waals surface area contributed by atoms with Gasteiger partial charge in [-0.2, -0.15) is 0 Å². The van der Waals surface area contributed by atoms with Crippen molar-refractivity contribution in [3.63, 3.8) is 0 Å². The van der Waals surface area contributed by atoms with Gasteiger partial charge in [0.25, 0.3) is 5.91 Å². The highest BCUT2D eigenvalue weighted by molar-refractivity contribution is 7.15. The van der Waals surface area contributed by atoms with Gasteiger partial charge in [0.2, 0.25) is 5.43 Å². The molecule has 21 heavy (non-hydrogen) atoms. The van der Waals surface area contributed by atoms with E-state index in [1.807, 2.05) is 0 Å². The standard InChI is InChI=1S/C14H15N3O3S/c1-20-11-7-15-9(6-10(11)18)13(19)17-14-16-8-4-2-3-5-12(8)21-14/h6-7H,2-5H2,1H3,(H,15,18)(H,16,17,19). The molecule has 110 valence electrons. The van der Waals surface area contributed by atoms with Gasteiger partial charge in [0.05, 0.1) is 12.8 Å². The van der Waals surface area contributed by atoms with E-state index in [2.05, 4.69) is 15.3 Å². The Morgan fingerprint density at radius 1 is 1.43 bits per heavy atom. The van der Waals surface area contributed by atoms with Gasteiger partial charge in [-0.1, -0.05) is 0 Å². The molecule has 7 heteroatoms. The van der Waals surface area contributed by atoms with Crippen molar-refractivity contribution in [3.05, 3.63) is 38.8 Å². The molecule has 0 atom stereocenters. The second kappa shape index (κ2) is 5.69. The minimum absolute atomic E-state index is 0.177. The van der Waals surface area contributed by atoms with E-state index in [9.17, 15) is 9.59 Å². The van der Waals surface area contributed by atoms with E-state index in [1.54, 1.807) is 0 Å². The fraction of sp³-hybridized carbons (Fsp3) is 0.357. The molecule has 0 spiro atoms. The van der Waals surface area contributed by atoms with Crippen molar-refractivity contribution in [2.24, 2.45) is 0 Å². The molecular formula is C14H15N3O3S. The molecule has 0 bridgehead atoms. The molecule has 0 aliphatic heterocycles. The minimum atomic E-state index is -0.374. The molecule has 2 aromatic rings. The Morgan fingerprint density at radius 3 is 2.95 bits per heavy atom. The number of aryl methyl sites for hydroxylation is 2. The lowest BCUT2D eigenvalue weighted by Crippen LogP contribution is -2.17. The first-order valence-electron chi connectivity index (χ1n) is 6.74. The zero-order valence-electron chi connectivity index (χ0n) is 11.6. The van der Waals surface area contributed by atoms with Crippen LogP contribution in [-0.2, 0) is 12.8 Å². The maximum absolute atomic E-state index is 12.1. The number of anilines is 1. The number of hydrogen-bond acceptors (Lipinski definition) is 5. The van der Waals surface area contributed by atoms with Crippen LogP contribution in [0.3, 0.4) is 0 Å². The number of hydrogen-bond donors (Lipinski definition) is 2. The van der Waals surface area contributed by atoms with E-state index in [0.717, 1.165) is 25.0 Å². The molecule has 3 rings (SSSR count). The van der Waals surface area contributed by atoms with Gasteiger partial charge in [-0.3, -0.25) is 14.9 Å². The number of methoxy groups -OCH3 is 1. The van der Waals surface area contributed by atoms with Gasteiger partial charge in [-0.25, -0.2) is 4.98 Å². The van der Waals surface area contributed by atoms with Crippen molar-refractivity contribution in [1.82, 2.24) is 9.97 Å². The Hall–Kier alpha value is -2.15. The number of carbonyl (C=O) groups is 1. The summed E-state index contributed by atoms with van der Waals surface area (Å²) < 4.78 is 4.87. The lowest BCUT2D eigenvalue weighted by molar-refractivity contribution is 0.102. The summed E-state index contributed by atoms with van der Waals surface area (Å²) in [6.45, 7) is 0. The summed E-state index contributed by atoms with van der Waals surface area (Å²) >= 11 is 1.51. The summed E-state index contributed by atoms with van der Waals surface area (Å²) in [5.41, 5.74) is 0.943. The van der Waals surface area contributed by atoms with Crippen LogP contribution in [0.25, 0.3) is 0 Å². The Labute approximate surface area is 125 Å². The molecule has 1 aliphatic carbocycles. The molecule has 2 heterocycles. The van der Waals surface area contributed by atoms with E-state index in [1.165, 1.54) is 42.0 Å². The van der Waals surface area contributed by atoms with Gasteiger partial charge in [0.1, 0.15) is 5.69 Å². The van der Waals surface area contributed by atoms with Crippen LogP contribution in [0.15, 0.2) is 17.1 Å². The highest BCUT2D eigenvalue weighted by atomic mass is 32.1. The number of carbonyl (C=O) groups excluding carboxylic acids is 1. The van der Waals surface area contributed by atoms with Crippen LogP contribution < -0.4 is 15.5 Å². The first-order valence-corrected chi connectivity index (χ1v) is 7.55. The molecule has 0 saturated heterocycles. The predicted molar refractivity (Wildman–Crippen MR) is 80.3 cm³/mol. The first kappa shape index (κ1) is 13.8. The molecule has 0 fully saturated rings. The molecule has 1 aliphatic rings. The van der Waals surface area contributed by atoms with Crippen LogP contribution >= 0.6 is 11.3 Å². The van der Waals surface area contributed by atoms with Crippen LogP contribution in [0.5, 0.6) is 5.75 Å². The largest absolute Gasteiger partial charge is 0.491 e. The Balaban J connectivity index is 1.78.